The molecule has 22 heavy (non-hydrogen) atoms. The van der Waals surface area contributed by atoms with Gasteiger partial charge in [0.05, 0.1) is 0 Å². The first kappa shape index (κ1) is 16.1. The van der Waals surface area contributed by atoms with Crippen LogP contribution >= 0.6 is 0 Å². The maximum atomic E-state index is 6.18. The van der Waals surface area contributed by atoms with Gasteiger partial charge in [-0.15, -0.1) is 0 Å². The molecule has 0 aliphatic heterocycles. The number of hydrogen-bond donors (Lipinski definition) is 1. The molecular weight excluding hydrogens is 266 g/mol. The van der Waals surface area contributed by atoms with Gasteiger partial charge in [-0.05, 0) is 61.0 Å². The smallest absolute Gasteiger partial charge is 0.00755 e. The van der Waals surface area contributed by atoms with Crippen molar-refractivity contribution in [3.05, 3.63) is 35.4 Å². The highest BCUT2D eigenvalue weighted by molar-refractivity contribution is 5.32. The Balaban J connectivity index is 1.72. The third kappa shape index (κ3) is 3.25. The standard InChI is InChI=1S/C21H33N/c1-20(2)14-10-18(11-15-20)17-6-8-19(9-7-17)21(16-22)12-4-3-5-13-21/h6-9,18H,3-5,10-16,22H2,1-2H3. The third-order valence-electron chi connectivity index (χ3n) is 6.54. The van der Waals surface area contributed by atoms with Crippen molar-refractivity contribution in [3.8, 4) is 0 Å². The van der Waals surface area contributed by atoms with E-state index in [1.54, 1.807) is 5.56 Å². The highest BCUT2D eigenvalue weighted by atomic mass is 14.6. The van der Waals surface area contributed by atoms with Gasteiger partial charge in [0.1, 0.15) is 0 Å². The van der Waals surface area contributed by atoms with Gasteiger partial charge in [-0.25, -0.2) is 0 Å². The van der Waals surface area contributed by atoms with Crippen molar-refractivity contribution in [2.24, 2.45) is 11.1 Å². The van der Waals surface area contributed by atoms with Crippen LogP contribution in [0, 0.1) is 5.41 Å². The van der Waals surface area contributed by atoms with Gasteiger partial charge in [-0.2, -0.15) is 0 Å². The Hall–Kier alpha value is -0.820. The van der Waals surface area contributed by atoms with Crippen molar-refractivity contribution in [1.29, 1.82) is 0 Å². The van der Waals surface area contributed by atoms with E-state index in [9.17, 15) is 0 Å². The van der Waals surface area contributed by atoms with Crippen molar-refractivity contribution in [3.63, 3.8) is 0 Å². The molecule has 0 unspecified atom stereocenters. The van der Waals surface area contributed by atoms with Crippen molar-refractivity contribution >= 4 is 0 Å². The minimum Gasteiger partial charge on any atom is -0.330 e. The average molecular weight is 300 g/mol. The van der Waals surface area contributed by atoms with Crippen LogP contribution in [0.5, 0.6) is 0 Å². The van der Waals surface area contributed by atoms with Crippen LogP contribution in [-0.2, 0) is 5.41 Å². The van der Waals surface area contributed by atoms with Crippen LogP contribution in [0.4, 0.5) is 0 Å². The van der Waals surface area contributed by atoms with Gasteiger partial charge in [-0.1, -0.05) is 57.4 Å². The van der Waals surface area contributed by atoms with Crippen LogP contribution in [0.3, 0.4) is 0 Å². The molecule has 2 N–H and O–H groups in total. The molecular formula is C21H33N. The lowest BCUT2D eigenvalue weighted by atomic mass is 9.68. The number of rotatable bonds is 3. The normalized spacial score (nSPS) is 25.0. The summed E-state index contributed by atoms with van der Waals surface area (Å²) in [7, 11) is 0. The third-order valence-corrected chi connectivity index (χ3v) is 6.54. The Morgan fingerprint density at radius 2 is 1.50 bits per heavy atom. The zero-order valence-electron chi connectivity index (χ0n) is 14.5. The van der Waals surface area contributed by atoms with Gasteiger partial charge in [0.2, 0.25) is 0 Å². The van der Waals surface area contributed by atoms with Gasteiger partial charge in [0.25, 0.3) is 0 Å². The van der Waals surface area contributed by atoms with Crippen LogP contribution < -0.4 is 5.73 Å². The molecule has 0 radical (unpaired) electrons. The maximum Gasteiger partial charge on any atom is 0.00755 e. The van der Waals surface area contributed by atoms with Crippen molar-refractivity contribution < 1.29 is 0 Å². The SMILES string of the molecule is CC1(C)CCC(c2ccc(C3(CN)CCCCC3)cc2)CC1. The monoisotopic (exact) mass is 299 g/mol. The molecule has 0 spiro atoms. The summed E-state index contributed by atoms with van der Waals surface area (Å²) in [6.07, 6.45) is 12.1. The van der Waals surface area contributed by atoms with E-state index >= 15 is 0 Å². The molecule has 2 saturated carbocycles. The Labute approximate surface area is 136 Å². The van der Waals surface area contributed by atoms with Crippen LogP contribution in [0.1, 0.15) is 88.7 Å². The summed E-state index contributed by atoms with van der Waals surface area (Å²) >= 11 is 0. The Morgan fingerprint density at radius 1 is 0.909 bits per heavy atom. The van der Waals surface area contributed by atoms with Crippen molar-refractivity contribution in [2.75, 3.05) is 6.54 Å². The van der Waals surface area contributed by atoms with Crippen LogP contribution in [0.2, 0.25) is 0 Å². The number of nitrogens with two attached hydrogens (primary N) is 1. The van der Waals surface area contributed by atoms with E-state index in [-0.39, 0.29) is 5.41 Å². The van der Waals surface area contributed by atoms with Crippen molar-refractivity contribution in [2.45, 2.75) is 83.0 Å². The Kier molecular flexibility index (Phi) is 4.64. The Bertz CT molecular complexity index is 469. The zero-order chi connectivity index (χ0) is 15.6. The second-order valence-electron chi connectivity index (χ2n) is 8.61. The second-order valence-corrected chi connectivity index (χ2v) is 8.61. The quantitative estimate of drug-likeness (QED) is 0.780. The molecule has 0 amide bonds. The molecule has 0 aromatic heterocycles. The molecule has 1 nitrogen and oxygen atoms in total. The second kappa shape index (κ2) is 6.35. The van der Waals surface area contributed by atoms with Gasteiger partial charge in [0.15, 0.2) is 0 Å². The fraction of sp³-hybridized carbons (Fsp3) is 0.714. The summed E-state index contributed by atoms with van der Waals surface area (Å²) in [6, 6.07) is 9.61. The summed E-state index contributed by atoms with van der Waals surface area (Å²) in [4.78, 5) is 0. The molecule has 0 bridgehead atoms. The number of hydrogen-bond acceptors (Lipinski definition) is 1. The molecule has 2 fully saturated rings. The van der Waals surface area contributed by atoms with E-state index in [0.717, 1.165) is 12.5 Å². The van der Waals surface area contributed by atoms with Gasteiger partial charge >= 0.3 is 0 Å². The zero-order valence-corrected chi connectivity index (χ0v) is 14.5. The average Bonchev–Trinajstić information content (AvgIpc) is 2.56. The summed E-state index contributed by atoms with van der Waals surface area (Å²) < 4.78 is 0. The molecule has 1 aromatic rings. The predicted octanol–water partition coefficient (Wildman–Crippen LogP) is 5.53. The lowest BCUT2D eigenvalue weighted by Gasteiger charge is -2.37. The largest absolute Gasteiger partial charge is 0.330 e. The van der Waals surface area contributed by atoms with E-state index in [0.29, 0.717) is 5.41 Å². The lowest BCUT2D eigenvalue weighted by Crippen LogP contribution is -2.37. The molecule has 122 valence electrons. The fourth-order valence-corrected chi connectivity index (χ4v) is 4.68. The van der Waals surface area contributed by atoms with E-state index in [4.69, 9.17) is 5.73 Å². The van der Waals surface area contributed by atoms with Gasteiger partial charge in [0, 0.05) is 12.0 Å². The van der Waals surface area contributed by atoms with Crippen LogP contribution in [0.15, 0.2) is 24.3 Å². The highest BCUT2D eigenvalue weighted by Gasteiger charge is 2.33. The summed E-state index contributed by atoms with van der Waals surface area (Å²) in [5.74, 6) is 0.780. The highest BCUT2D eigenvalue weighted by Crippen LogP contribution is 2.43. The summed E-state index contributed by atoms with van der Waals surface area (Å²) in [6.45, 7) is 5.64. The fourth-order valence-electron chi connectivity index (χ4n) is 4.68. The van der Waals surface area contributed by atoms with Crippen molar-refractivity contribution in [1.82, 2.24) is 0 Å². The molecule has 2 aliphatic carbocycles. The van der Waals surface area contributed by atoms with E-state index in [1.165, 1.54) is 63.4 Å². The van der Waals surface area contributed by atoms with E-state index < -0.39 is 0 Å². The van der Waals surface area contributed by atoms with Crippen LogP contribution in [-0.4, -0.2) is 6.54 Å². The van der Waals surface area contributed by atoms with Gasteiger partial charge in [-0.3, -0.25) is 0 Å². The minimum atomic E-state index is 0.269. The van der Waals surface area contributed by atoms with E-state index in [1.807, 2.05) is 0 Å². The number of benzene rings is 1. The summed E-state index contributed by atoms with van der Waals surface area (Å²) in [5, 5.41) is 0. The predicted molar refractivity (Wildman–Crippen MR) is 95.2 cm³/mol. The first-order valence-corrected chi connectivity index (χ1v) is 9.35. The van der Waals surface area contributed by atoms with E-state index in [2.05, 4.69) is 38.1 Å². The minimum absolute atomic E-state index is 0.269. The first-order valence-electron chi connectivity index (χ1n) is 9.35. The lowest BCUT2D eigenvalue weighted by molar-refractivity contribution is 0.224. The molecule has 1 heteroatoms. The summed E-state index contributed by atoms with van der Waals surface area (Å²) in [5.41, 5.74) is 10.1. The van der Waals surface area contributed by atoms with Crippen LogP contribution in [0.25, 0.3) is 0 Å². The molecule has 1 aromatic carbocycles. The molecule has 0 heterocycles. The maximum absolute atomic E-state index is 6.18. The molecule has 0 atom stereocenters. The molecule has 0 saturated heterocycles. The molecule has 2 aliphatic rings. The van der Waals surface area contributed by atoms with Gasteiger partial charge < -0.3 is 5.73 Å². The molecule has 3 rings (SSSR count). The topological polar surface area (TPSA) is 26.0 Å². The Morgan fingerprint density at radius 3 is 2.05 bits per heavy atom. The first-order chi connectivity index (χ1) is 10.5.